The second kappa shape index (κ2) is 6.21. The van der Waals surface area contributed by atoms with Crippen LogP contribution in [0.4, 0.5) is 11.5 Å². The number of nitrogen functional groups attached to an aromatic ring is 1. The average molecular weight is 316 g/mol. The van der Waals surface area contributed by atoms with Crippen molar-refractivity contribution in [1.29, 1.82) is 5.41 Å². The lowest BCUT2D eigenvalue weighted by atomic mass is 10.2. The van der Waals surface area contributed by atoms with Crippen LogP contribution >= 0.6 is 0 Å². The molecule has 0 bridgehead atoms. The maximum absolute atomic E-state index is 8.97. The molecule has 1 aromatic heterocycles. The third-order valence-electron chi connectivity index (χ3n) is 3.81. The zero-order chi connectivity index (χ0) is 16.4. The van der Waals surface area contributed by atoms with E-state index in [2.05, 4.69) is 20.0 Å². The van der Waals surface area contributed by atoms with Crippen molar-refractivity contribution in [2.45, 2.75) is 19.4 Å². The topological polar surface area (TPSA) is 142 Å². The van der Waals surface area contributed by atoms with Crippen molar-refractivity contribution in [3.63, 3.8) is 0 Å². The highest BCUT2D eigenvalue weighted by Crippen LogP contribution is 2.23. The van der Waals surface area contributed by atoms with Gasteiger partial charge in [-0.15, -0.1) is 0 Å². The molecule has 0 aliphatic carbocycles. The number of aliphatic imine (C=N–C) groups is 2. The molecule has 122 valence electrons. The van der Waals surface area contributed by atoms with Gasteiger partial charge in [0, 0.05) is 13.1 Å². The van der Waals surface area contributed by atoms with Crippen LogP contribution in [0.1, 0.15) is 12.8 Å². The summed E-state index contributed by atoms with van der Waals surface area (Å²) in [6.45, 7) is 2.02. The number of aliphatic hydroxyl groups excluding tert-OH is 1. The monoisotopic (exact) mass is 316 g/mol. The maximum atomic E-state index is 8.97. The number of nitrogens with two attached hydrogens (primary N) is 2. The first-order valence-corrected chi connectivity index (χ1v) is 7.51. The van der Waals surface area contributed by atoms with Gasteiger partial charge in [-0.2, -0.15) is 5.10 Å². The number of rotatable bonds is 3. The molecule has 0 atom stereocenters. The fraction of sp³-hybridized carbons (Fsp3) is 0.429. The van der Waals surface area contributed by atoms with E-state index in [9.17, 15) is 0 Å². The van der Waals surface area contributed by atoms with E-state index >= 15 is 0 Å². The van der Waals surface area contributed by atoms with Crippen LogP contribution in [0, 0.1) is 5.41 Å². The molecule has 9 nitrogen and oxygen atoms in total. The summed E-state index contributed by atoms with van der Waals surface area (Å²) in [4.78, 5) is 10.9. The molecule has 0 saturated carbocycles. The molecule has 3 rings (SSSR count). The van der Waals surface area contributed by atoms with Gasteiger partial charge in [0.15, 0.2) is 11.7 Å². The number of aromatic nitrogens is 2. The molecule has 2 aliphatic heterocycles. The lowest BCUT2D eigenvalue weighted by molar-refractivity contribution is 0.270. The molecular weight excluding hydrogens is 296 g/mol. The molecule has 2 aliphatic rings. The van der Waals surface area contributed by atoms with Gasteiger partial charge in [-0.1, -0.05) is 0 Å². The van der Waals surface area contributed by atoms with E-state index < -0.39 is 0 Å². The molecule has 3 heterocycles. The number of nitrogens with zero attached hydrogens (tertiary/aromatic N) is 5. The summed E-state index contributed by atoms with van der Waals surface area (Å²) >= 11 is 0. The number of hydrogen-bond donors (Lipinski definition) is 4. The Bertz CT molecular complexity index is 708. The fourth-order valence-corrected chi connectivity index (χ4v) is 2.63. The Kier molecular flexibility index (Phi) is 4.11. The van der Waals surface area contributed by atoms with Gasteiger partial charge < -0.3 is 21.5 Å². The van der Waals surface area contributed by atoms with Crippen molar-refractivity contribution in [3.05, 3.63) is 18.0 Å². The molecule has 6 N–H and O–H groups in total. The summed E-state index contributed by atoms with van der Waals surface area (Å²) in [5.74, 6) is 1.27. The quantitative estimate of drug-likeness (QED) is 0.614. The standard InChI is InChI=1S/C14H20N8O/c15-9-7-10(16)14(21-3-1-2-4-21)20-13(9)19-11-8-18-22(5-6-23)12(11)17/h7-8,16,23H,1-6,15,17H2/b16-10?,19-13+. The van der Waals surface area contributed by atoms with Crippen molar-refractivity contribution in [2.24, 2.45) is 15.7 Å². The van der Waals surface area contributed by atoms with Gasteiger partial charge in [0.1, 0.15) is 11.5 Å². The molecular formula is C14H20N8O. The Morgan fingerprint density at radius 3 is 2.74 bits per heavy atom. The Labute approximate surface area is 133 Å². The molecule has 0 amide bonds. The molecule has 1 fully saturated rings. The maximum Gasteiger partial charge on any atom is 0.178 e. The summed E-state index contributed by atoms with van der Waals surface area (Å²) in [5, 5.41) is 21.1. The largest absolute Gasteiger partial charge is 0.396 e. The van der Waals surface area contributed by atoms with Crippen LogP contribution in [-0.4, -0.2) is 56.9 Å². The van der Waals surface area contributed by atoms with Crippen LogP contribution in [0.3, 0.4) is 0 Å². The van der Waals surface area contributed by atoms with Gasteiger partial charge in [-0.05, 0) is 18.9 Å². The smallest absolute Gasteiger partial charge is 0.178 e. The molecule has 0 radical (unpaired) electrons. The highest BCUT2D eigenvalue weighted by Gasteiger charge is 2.24. The van der Waals surface area contributed by atoms with E-state index in [4.69, 9.17) is 22.0 Å². The Balaban J connectivity index is 1.93. The number of anilines is 1. The predicted octanol–water partition coefficient (Wildman–Crippen LogP) is -0.142. The third kappa shape index (κ3) is 2.95. The summed E-state index contributed by atoms with van der Waals surface area (Å²) in [6, 6.07) is 0. The number of dihydropyridines is 1. The molecule has 1 aromatic rings. The average Bonchev–Trinajstić information content (AvgIpc) is 3.15. The molecule has 0 spiro atoms. The van der Waals surface area contributed by atoms with Crippen LogP contribution in [0.15, 0.2) is 28.0 Å². The number of amidine groups is 2. The first kappa shape index (κ1) is 15.2. The lowest BCUT2D eigenvalue weighted by Crippen LogP contribution is -2.37. The number of aliphatic hydroxyl groups is 1. The molecule has 1 saturated heterocycles. The van der Waals surface area contributed by atoms with E-state index in [0.29, 0.717) is 41.1 Å². The molecule has 9 heteroatoms. The molecule has 0 aromatic carbocycles. The van der Waals surface area contributed by atoms with Crippen molar-refractivity contribution in [3.8, 4) is 0 Å². The zero-order valence-corrected chi connectivity index (χ0v) is 12.7. The molecule has 23 heavy (non-hydrogen) atoms. The van der Waals surface area contributed by atoms with Gasteiger partial charge in [-0.3, -0.25) is 5.41 Å². The van der Waals surface area contributed by atoms with E-state index in [-0.39, 0.29) is 6.61 Å². The predicted molar refractivity (Wildman–Crippen MR) is 89.1 cm³/mol. The van der Waals surface area contributed by atoms with Gasteiger partial charge in [0.05, 0.1) is 30.8 Å². The van der Waals surface area contributed by atoms with Crippen LogP contribution in [0.2, 0.25) is 0 Å². The number of likely N-dealkylation sites (tertiary alicyclic amines) is 1. The van der Waals surface area contributed by atoms with Gasteiger partial charge in [0.25, 0.3) is 0 Å². The van der Waals surface area contributed by atoms with Crippen LogP contribution in [0.5, 0.6) is 0 Å². The van der Waals surface area contributed by atoms with Gasteiger partial charge in [-0.25, -0.2) is 14.7 Å². The summed E-state index contributed by atoms with van der Waals surface area (Å²) < 4.78 is 1.47. The first-order chi connectivity index (χ1) is 11.1. The Morgan fingerprint density at radius 1 is 1.30 bits per heavy atom. The normalized spacial score (nSPS) is 20.1. The zero-order valence-electron chi connectivity index (χ0n) is 12.7. The summed E-state index contributed by atoms with van der Waals surface area (Å²) in [7, 11) is 0. The Morgan fingerprint density at radius 2 is 2.04 bits per heavy atom. The van der Waals surface area contributed by atoms with E-state index in [1.165, 1.54) is 10.9 Å². The lowest BCUT2D eigenvalue weighted by Gasteiger charge is -2.22. The SMILES string of the molecule is N=C1C=C(N)/C(=N\c2cnn(CCO)c2N)N=C1N1CCCC1. The van der Waals surface area contributed by atoms with Crippen LogP contribution in [0.25, 0.3) is 0 Å². The number of nitrogens with one attached hydrogen (secondary N) is 1. The van der Waals surface area contributed by atoms with Crippen LogP contribution in [-0.2, 0) is 6.54 Å². The van der Waals surface area contributed by atoms with E-state index in [1.807, 2.05) is 0 Å². The Hall–Kier alpha value is -2.68. The first-order valence-electron chi connectivity index (χ1n) is 7.51. The van der Waals surface area contributed by atoms with Gasteiger partial charge >= 0.3 is 0 Å². The molecule has 0 unspecified atom stereocenters. The minimum atomic E-state index is -0.0572. The van der Waals surface area contributed by atoms with E-state index in [0.717, 1.165) is 25.9 Å². The van der Waals surface area contributed by atoms with Crippen molar-refractivity contribution in [2.75, 3.05) is 25.4 Å². The van der Waals surface area contributed by atoms with E-state index in [1.54, 1.807) is 6.08 Å². The second-order valence-electron chi connectivity index (χ2n) is 5.44. The second-order valence-corrected chi connectivity index (χ2v) is 5.44. The minimum Gasteiger partial charge on any atom is -0.396 e. The van der Waals surface area contributed by atoms with Gasteiger partial charge in [0.2, 0.25) is 0 Å². The number of hydrogen-bond acceptors (Lipinski definition) is 7. The summed E-state index contributed by atoms with van der Waals surface area (Å²) in [5.41, 5.74) is 13.0. The van der Waals surface area contributed by atoms with Crippen molar-refractivity contribution in [1.82, 2.24) is 14.7 Å². The van der Waals surface area contributed by atoms with Crippen molar-refractivity contribution >= 4 is 28.9 Å². The highest BCUT2D eigenvalue weighted by atomic mass is 16.3. The van der Waals surface area contributed by atoms with Crippen LogP contribution < -0.4 is 11.5 Å². The highest BCUT2D eigenvalue weighted by molar-refractivity contribution is 6.48. The minimum absolute atomic E-state index is 0.0572. The fourth-order valence-electron chi connectivity index (χ4n) is 2.63. The van der Waals surface area contributed by atoms with Crippen molar-refractivity contribution < 1.29 is 5.11 Å². The third-order valence-corrected chi connectivity index (χ3v) is 3.81. The summed E-state index contributed by atoms with van der Waals surface area (Å²) in [6.07, 6.45) is 5.27.